The van der Waals surface area contributed by atoms with Crippen LogP contribution in [0.15, 0.2) is 24.3 Å². The monoisotopic (exact) mass is 275 g/mol. The number of hydrogen-bond donors (Lipinski definition) is 0. The van der Waals surface area contributed by atoms with Gasteiger partial charge in [0.1, 0.15) is 0 Å². The fourth-order valence-corrected chi connectivity index (χ4v) is 2.86. The van der Waals surface area contributed by atoms with Crippen LogP contribution >= 0.6 is 0 Å². The van der Waals surface area contributed by atoms with E-state index in [0.717, 1.165) is 50.4 Å². The van der Waals surface area contributed by atoms with Crippen molar-refractivity contribution in [1.82, 2.24) is 4.90 Å². The summed E-state index contributed by atoms with van der Waals surface area (Å²) >= 11 is 0. The van der Waals surface area contributed by atoms with Gasteiger partial charge in [0.2, 0.25) is 5.91 Å². The minimum atomic E-state index is 0.265. The van der Waals surface area contributed by atoms with Crippen LogP contribution in [0.25, 0.3) is 0 Å². The highest BCUT2D eigenvalue weighted by Gasteiger charge is 2.22. The van der Waals surface area contributed by atoms with E-state index in [4.69, 9.17) is 4.74 Å². The molecule has 0 aromatic heterocycles. The van der Waals surface area contributed by atoms with Gasteiger partial charge in [-0.15, -0.1) is 0 Å². The summed E-state index contributed by atoms with van der Waals surface area (Å²) in [7, 11) is 1.75. The summed E-state index contributed by atoms with van der Waals surface area (Å²) in [6.45, 7) is 4.70. The van der Waals surface area contributed by atoms with Crippen LogP contribution in [0.5, 0.6) is 0 Å². The second-order valence-electron chi connectivity index (χ2n) is 5.77. The van der Waals surface area contributed by atoms with Crippen LogP contribution < -0.4 is 0 Å². The second-order valence-corrected chi connectivity index (χ2v) is 5.77. The van der Waals surface area contributed by atoms with Crippen molar-refractivity contribution in [1.29, 1.82) is 0 Å². The Labute approximate surface area is 121 Å². The molecule has 0 atom stereocenters. The first-order valence-electron chi connectivity index (χ1n) is 7.51. The van der Waals surface area contributed by atoms with Crippen LogP contribution in [0.1, 0.15) is 30.4 Å². The summed E-state index contributed by atoms with van der Waals surface area (Å²) in [6.07, 6.45) is 3.88. The molecule has 1 heterocycles. The molecule has 1 aromatic carbocycles. The summed E-state index contributed by atoms with van der Waals surface area (Å²) in [5.74, 6) is 0.985. The molecule has 0 N–H and O–H groups in total. The molecule has 0 radical (unpaired) electrons. The van der Waals surface area contributed by atoms with Crippen LogP contribution in [0.3, 0.4) is 0 Å². The van der Waals surface area contributed by atoms with Crippen molar-refractivity contribution < 1.29 is 9.53 Å². The third-order valence-corrected chi connectivity index (χ3v) is 4.14. The van der Waals surface area contributed by atoms with E-state index >= 15 is 0 Å². The highest BCUT2D eigenvalue weighted by Crippen LogP contribution is 2.21. The number of likely N-dealkylation sites (tertiary alicyclic amines) is 1. The van der Waals surface area contributed by atoms with E-state index in [1.807, 2.05) is 17.0 Å². The number of carbonyl (C=O) groups excluding carboxylic acids is 1. The lowest BCUT2D eigenvalue weighted by atomic mass is 9.93. The van der Waals surface area contributed by atoms with Gasteiger partial charge < -0.3 is 9.64 Å². The Hall–Kier alpha value is -1.35. The van der Waals surface area contributed by atoms with Crippen LogP contribution in [0.2, 0.25) is 0 Å². The summed E-state index contributed by atoms with van der Waals surface area (Å²) in [5, 5.41) is 0. The van der Waals surface area contributed by atoms with Gasteiger partial charge in [0, 0.05) is 26.8 Å². The normalized spacial score (nSPS) is 16.4. The Morgan fingerprint density at radius 3 is 2.75 bits per heavy atom. The number of nitrogens with zero attached hydrogens (tertiary/aromatic N) is 1. The molecule has 110 valence electrons. The van der Waals surface area contributed by atoms with Gasteiger partial charge in [-0.25, -0.2) is 0 Å². The Morgan fingerprint density at radius 2 is 2.10 bits per heavy atom. The summed E-state index contributed by atoms with van der Waals surface area (Å²) in [4.78, 5) is 14.3. The Bertz CT molecular complexity index is 436. The second kappa shape index (κ2) is 7.44. The molecule has 0 bridgehead atoms. The van der Waals surface area contributed by atoms with Crippen LogP contribution in [-0.2, 0) is 16.0 Å². The van der Waals surface area contributed by atoms with Crippen molar-refractivity contribution in [3.63, 3.8) is 0 Å². The van der Waals surface area contributed by atoms with Crippen LogP contribution in [0, 0.1) is 12.8 Å². The molecule has 1 aliphatic rings. The van der Waals surface area contributed by atoms with E-state index in [9.17, 15) is 4.79 Å². The smallest absolute Gasteiger partial charge is 0.226 e. The number of benzene rings is 1. The lowest BCUT2D eigenvalue weighted by molar-refractivity contribution is -0.131. The molecule has 3 nitrogen and oxygen atoms in total. The van der Waals surface area contributed by atoms with Gasteiger partial charge in [-0.3, -0.25) is 4.79 Å². The third-order valence-electron chi connectivity index (χ3n) is 4.14. The Kier molecular flexibility index (Phi) is 5.60. The Balaban J connectivity index is 1.80. The molecule has 0 spiro atoms. The van der Waals surface area contributed by atoms with Gasteiger partial charge in [0.15, 0.2) is 0 Å². The number of hydrogen-bond acceptors (Lipinski definition) is 2. The van der Waals surface area contributed by atoms with Crippen molar-refractivity contribution in [2.24, 2.45) is 5.92 Å². The van der Waals surface area contributed by atoms with Crippen molar-refractivity contribution in [3.05, 3.63) is 35.4 Å². The SMILES string of the molecule is COCCC1CCN(C(=O)Cc2cccc(C)c2)CC1. The lowest BCUT2D eigenvalue weighted by Gasteiger charge is -2.32. The van der Waals surface area contributed by atoms with E-state index in [2.05, 4.69) is 19.1 Å². The molecule has 0 saturated carbocycles. The van der Waals surface area contributed by atoms with E-state index in [1.165, 1.54) is 5.56 Å². The number of amides is 1. The molecule has 1 fully saturated rings. The number of methoxy groups -OCH3 is 1. The van der Waals surface area contributed by atoms with Gasteiger partial charge in [-0.1, -0.05) is 29.8 Å². The highest BCUT2D eigenvalue weighted by atomic mass is 16.5. The minimum Gasteiger partial charge on any atom is -0.385 e. The first-order chi connectivity index (χ1) is 9.69. The zero-order valence-corrected chi connectivity index (χ0v) is 12.6. The quantitative estimate of drug-likeness (QED) is 0.827. The first kappa shape index (κ1) is 15.0. The summed E-state index contributed by atoms with van der Waals surface area (Å²) in [6, 6.07) is 8.23. The molecule has 1 saturated heterocycles. The predicted octanol–water partition coefficient (Wildman–Crippen LogP) is 2.81. The number of aryl methyl sites for hydroxylation is 1. The largest absolute Gasteiger partial charge is 0.385 e. The fraction of sp³-hybridized carbons (Fsp3) is 0.588. The highest BCUT2D eigenvalue weighted by molar-refractivity contribution is 5.78. The van der Waals surface area contributed by atoms with E-state index in [0.29, 0.717) is 6.42 Å². The van der Waals surface area contributed by atoms with Gasteiger partial charge in [0.05, 0.1) is 6.42 Å². The molecule has 1 amide bonds. The molecular weight excluding hydrogens is 250 g/mol. The third kappa shape index (κ3) is 4.34. The first-order valence-corrected chi connectivity index (χ1v) is 7.51. The van der Waals surface area contributed by atoms with Crippen molar-refractivity contribution >= 4 is 5.91 Å². The molecule has 1 aliphatic heterocycles. The topological polar surface area (TPSA) is 29.5 Å². The van der Waals surface area contributed by atoms with Gasteiger partial charge in [0.25, 0.3) is 0 Å². The van der Waals surface area contributed by atoms with Crippen molar-refractivity contribution in [2.45, 2.75) is 32.6 Å². The fourth-order valence-electron chi connectivity index (χ4n) is 2.86. The maximum absolute atomic E-state index is 12.3. The average molecular weight is 275 g/mol. The lowest BCUT2D eigenvalue weighted by Crippen LogP contribution is -2.39. The van der Waals surface area contributed by atoms with Crippen LogP contribution in [-0.4, -0.2) is 37.6 Å². The van der Waals surface area contributed by atoms with Crippen molar-refractivity contribution in [3.8, 4) is 0 Å². The molecular formula is C17H25NO2. The van der Waals surface area contributed by atoms with Crippen molar-refractivity contribution in [2.75, 3.05) is 26.8 Å². The van der Waals surface area contributed by atoms with Crippen LogP contribution in [0.4, 0.5) is 0 Å². The maximum atomic E-state index is 12.3. The Morgan fingerprint density at radius 1 is 1.35 bits per heavy atom. The summed E-state index contributed by atoms with van der Waals surface area (Å²) in [5.41, 5.74) is 2.34. The average Bonchev–Trinajstić information content (AvgIpc) is 2.45. The number of ether oxygens (including phenoxy) is 1. The molecule has 2 rings (SSSR count). The molecule has 3 heteroatoms. The van der Waals surface area contributed by atoms with Gasteiger partial charge in [-0.05, 0) is 37.7 Å². The maximum Gasteiger partial charge on any atom is 0.226 e. The standard InChI is InChI=1S/C17H25NO2/c1-14-4-3-5-16(12-14)13-17(19)18-9-6-15(7-10-18)8-11-20-2/h3-5,12,15H,6-11,13H2,1-2H3. The number of carbonyl (C=O) groups is 1. The van der Waals surface area contributed by atoms with E-state index in [1.54, 1.807) is 7.11 Å². The zero-order valence-electron chi connectivity index (χ0n) is 12.6. The molecule has 1 aromatic rings. The van der Waals surface area contributed by atoms with E-state index < -0.39 is 0 Å². The van der Waals surface area contributed by atoms with Gasteiger partial charge in [-0.2, -0.15) is 0 Å². The van der Waals surface area contributed by atoms with Gasteiger partial charge >= 0.3 is 0 Å². The molecule has 20 heavy (non-hydrogen) atoms. The summed E-state index contributed by atoms with van der Waals surface area (Å²) < 4.78 is 5.13. The minimum absolute atomic E-state index is 0.265. The number of rotatable bonds is 5. The molecule has 0 aliphatic carbocycles. The number of piperidine rings is 1. The molecule has 0 unspecified atom stereocenters. The predicted molar refractivity (Wildman–Crippen MR) is 80.7 cm³/mol. The van der Waals surface area contributed by atoms with E-state index in [-0.39, 0.29) is 5.91 Å². The zero-order chi connectivity index (χ0) is 14.4.